The Hall–Kier alpha value is -1.55. The highest BCUT2D eigenvalue weighted by Crippen LogP contribution is 2.41. The first-order valence-corrected chi connectivity index (χ1v) is 4.71. The molecule has 0 bridgehead atoms. The molecule has 1 atom stereocenters. The Balaban J connectivity index is 2.47. The molecule has 1 fully saturated rings. The van der Waals surface area contributed by atoms with Crippen LogP contribution >= 0.6 is 0 Å². The van der Waals surface area contributed by atoms with Crippen LogP contribution in [0.2, 0.25) is 0 Å². The van der Waals surface area contributed by atoms with E-state index in [1.54, 1.807) is 24.3 Å². The molecule has 1 heterocycles. The van der Waals surface area contributed by atoms with Crippen LogP contribution in [0.1, 0.15) is 12.0 Å². The van der Waals surface area contributed by atoms with Crippen molar-refractivity contribution in [3.8, 4) is 5.75 Å². The number of ether oxygens (including phenoxy) is 2. The number of hydrogen-bond donors (Lipinski definition) is 1. The van der Waals surface area contributed by atoms with Crippen LogP contribution in [0.5, 0.6) is 5.75 Å². The van der Waals surface area contributed by atoms with Crippen molar-refractivity contribution in [2.75, 3.05) is 13.7 Å². The van der Waals surface area contributed by atoms with Crippen LogP contribution in [0.3, 0.4) is 0 Å². The smallest absolute Gasteiger partial charge is 0.340 e. The largest absolute Gasteiger partial charge is 0.496 e. The molecule has 2 rings (SSSR count). The van der Waals surface area contributed by atoms with E-state index in [0.29, 0.717) is 24.3 Å². The van der Waals surface area contributed by atoms with E-state index in [-0.39, 0.29) is 0 Å². The van der Waals surface area contributed by atoms with Crippen molar-refractivity contribution in [3.63, 3.8) is 0 Å². The number of carboxylic acid groups (broad SMARTS) is 1. The number of para-hydroxylation sites is 1. The first-order valence-electron chi connectivity index (χ1n) is 4.71. The van der Waals surface area contributed by atoms with Gasteiger partial charge in [-0.15, -0.1) is 0 Å². The maximum Gasteiger partial charge on any atom is 0.340 e. The van der Waals surface area contributed by atoms with E-state index in [1.807, 2.05) is 0 Å². The second kappa shape index (κ2) is 3.55. The molecule has 80 valence electrons. The van der Waals surface area contributed by atoms with Gasteiger partial charge in [0, 0.05) is 12.0 Å². The highest BCUT2D eigenvalue weighted by Gasteiger charge is 2.49. The molecule has 0 aromatic heterocycles. The molecule has 1 aliphatic heterocycles. The summed E-state index contributed by atoms with van der Waals surface area (Å²) < 4.78 is 10.4. The minimum absolute atomic E-state index is 0.477. The molecule has 0 amide bonds. The van der Waals surface area contributed by atoms with Crippen molar-refractivity contribution in [1.82, 2.24) is 0 Å². The van der Waals surface area contributed by atoms with Crippen LogP contribution < -0.4 is 4.74 Å². The van der Waals surface area contributed by atoms with Gasteiger partial charge in [0.15, 0.2) is 5.60 Å². The SMILES string of the molecule is COc1ccccc1C1(C(=O)O)CCO1. The zero-order valence-electron chi connectivity index (χ0n) is 8.40. The van der Waals surface area contributed by atoms with Crippen LogP contribution in [0.4, 0.5) is 0 Å². The summed E-state index contributed by atoms with van der Waals surface area (Å²) >= 11 is 0. The van der Waals surface area contributed by atoms with Crippen molar-refractivity contribution in [1.29, 1.82) is 0 Å². The summed E-state index contributed by atoms with van der Waals surface area (Å²) in [6.45, 7) is 0.477. The quantitative estimate of drug-likeness (QED) is 0.815. The number of carbonyl (C=O) groups is 1. The minimum atomic E-state index is -1.20. The van der Waals surface area contributed by atoms with Crippen LogP contribution in [-0.2, 0) is 15.1 Å². The second-order valence-electron chi connectivity index (χ2n) is 3.43. The number of methoxy groups -OCH3 is 1. The molecular weight excluding hydrogens is 196 g/mol. The van der Waals surface area contributed by atoms with Crippen molar-refractivity contribution >= 4 is 5.97 Å². The Morgan fingerprint density at radius 2 is 2.20 bits per heavy atom. The fourth-order valence-electron chi connectivity index (χ4n) is 1.78. The lowest BCUT2D eigenvalue weighted by Crippen LogP contribution is -2.48. The fraction of sp³-hybridized carbons (Fsp3) is 0.364. The summed E-state index contributed by atoms with van der Waals surface area (Å²) in [6, 6.07) is 7.05. The van der Waals surface area contributed by atoms with Gasteiger partial charge >= 0.3 is 5.97 Å². The van der Waals surface area contributed by atoms with Crippen molar-refractivity contribution in [3.05, 3.63) is 29.8 Å². The third-order valence-electron chi connectivity index (χ3n) is 2.69. The molecule has 1 aromatic rings. The van der Waals surface area contributed by atoms with E-state index in [2.05, 4.69) is 0 Å². The van der Waals surface area contributed by atoms with E-state index in [1.165, 1.54) is 7.11 Å². The maximum atomic E-state index is 11.2. The number of carboxylic acids is 1. The predicted octanol–water partition coefficient (Wildman–Crippen LogP) is 1.40. The molecule has 1 aromatic carbocycles. The van der Waals surface area contributed by atoms with Crippen molar-refractivity contribution in [2.45, 2.75) is 12.0 Å². The van der Waals surface area contributed by atoms with Gasteiger partial charge in [-0.3, -0.25) is 0 Å². The van der Waals surface area contributed by atoms with E-state index < -0.39 is 11.6 Å². The molecule has 1 N–H and O–H groups in total. The van der Waals surface area contributed by atoms with Gasteiger partial charge in [-0.1, -0.05) is 18.2 Å². The highest BCUT2D eigenvalue weighted by molar-refractivity contribution is 5.81. The Morgan fingerprint density at radius 3 is 2.67 bits per heavy atom. The second-order valence-corrected chi connectivity index (χ2v) is 3.43. The van der Waals surface area contributed by atoms with E-state index in [9.17, 15) is 9.90 Å². The summed E-state index contributed by atoms with van der Waals surface area (Å²) in [7, 11) is 1.52. The normalized spacial score (nSPS) is 24.3. The molecule has 4 nitrogen and oxygen atoms in total. The van der Waals surface area contributed by atoms with E-state index >= 15 is 0 Å². The third kappa shape index (κ3) is 1.37. The van der Waals surface area contributed by atoms with Crippen molar-refractivity contribution in [2.24, 2.45) is 0 Å². The Kier molecular flexibility index (Phi) is 2.36. The Bertz CT molecular complexity index is 382. The molecule has 1 aliphatic rings. The molecule has 1 saturated heterocycles. The average molecular weight is 208 g/mol. The lowest BCUT2D eigenvalue weighted by atomic mass is 9.86. The summed E-state index contributed by atoms with van der Waals surface area (Å²) in [5.41, 5.74) is -0.613. The van der Waals surface area contributed by atoms with Crippen LogP contribution in [0.15, 0.2) is 24.3 Å². The van der Waals surface area contributed by atoms with Gasteiger partial charge < -0.3 is 14.6 Å². The zero-order valence-corrected chi connectivity index (χ0v) is 8.40. The Morgan fingerprint density at radius 1 is 1.53 bits per heavy atom. The Labute approximate surface area is 87.4 Å². The molecular formula is C11H12O4. The summed E-state index contributed by atoms with van der Waals surface area (Å²) in [5.74, 6) is -0.405. The number of rotatable bonds is 3. The number of hydrogen-bond acceptors (Lipinski definition) is 3. The van der Waals surface area contributed by atoms with Gasteiger partial charge in [0.2, 0.25) is 0 Å². The topological polar surface area (TPSA) is 55.8 Å². The van der Waals surface area contributed by atoms with Gasteiger partial charge in [0.05, 0.1) is 13.7 Å². The lowest BCUT2D eigenvalue weighted by Gasteiger charge is -2.38. The molecule has 0 radical (unpaired) electrons. The van der Waals surface area contributed by atoms with Gasteiger partial charge in [-0.05, 0) is 6.07 Å². The van der Waals surface area contributed by atoms with Gasteiger partial charge in [0.25, 0.3) is 0 Å². The number of benzene rings is 1. The van der Waals surface area contributed by atoms with Crippen LogP contribution in [-0.4, -0.2) is 24.8 Å². The number of aliphatic carboxylic acids is 1. The molecule has 0 aliphatic carbocycles. The molecule has 0 saturated carbocycles. The minimum Gasteiger partial charge on any atom is -0.496 e. The monoisotopic (exact) mass is 208 g/mol. The third-order valence-corrected chi connectivity index (χ3v) is 2.69. The molecule has 0 spiro atoms. The molecule has 1 unspecified atom stereocenters. The van der Waals surface area contributed by atoms with Crippen LogP contribution in [0, 0.1) is 0 Å². The lowest BCUT2D eigenvalue weighted by molar-refractivity contribution is -0.198. The van der Waals surface area contributed by atoms with E-state index in [0.717, 1.165) is 0 Å². The average Bonchev–Trinajstić information content (AvgIpc) is 2.16. The first kappa shape index (κ1) is 9.98. The summed E-state index contributed by atoms with van der Waals surface area (Å²) in [4.78, 5) is 11.2. The predicted molar refractivity (Wildman–Crippen MR) is 52.9 cm³/mol. The van der Waals surface area contributed by atoms with Gasteiger partial charge in [-0.25, -0.2) is 4.79 Å². The molecule has 4 heteroatoms. The van der Waals surface area contributed by atoms with Crippen molar-refractivity contribution < 1.29 is 19.4 Å². The van der Waals surface area contributed by atoms with Gasteiger partial charge in [0.1, 0.15) is 5.75 Å². The van der Waals surface area contributed by atoms with Gasteiger partial charge in [-0.2, -0.15) is 0 Å². The summed E-state index contributed by atoms with van der Waals surface area (Å²) in [6.07, 6.45) is 0.489. The summed E-state index contributed by atoms with van der Waals surface area (Å²) in [5, 5.41) is 9.18. The van der Waals surface area contributed by atoms with E-state index in [4.69, 9.17) is 9.47 Å². The highest BCUT2D eigenvalue weighted by atomic mass is 16.6. The molecule has 15 heavy (non-hydrogen) atoms. The first-order chi connectivity index (χ1) is 7.20. The maximum absolute atomic E-state index is 11.2. The van der Waals surface area contributed by atoms with Crippen LogP contribution in [0.25, 0.3) is 0 Å². The standard InChI is InChI=1S/C11H12O4/c1-14-9-5-3-2-4-8(9)11(10(12)13)6-7-15-11/h2-5H,6-7H2,1H3,(H,12,13). The zero-order chi connectivity index (χ0) is 10.9. The fourth-order valence-corrected chi connectivity index (χ4v) is 1.78.